The molecule has 0 bridgehead atoms. The Morgan fingerprint density at radius 1 is 1.18 bits per heavy atom. The van der Waals surface area contributed by atoms with Crippen molar-refractivity contribution >= 4 is 12.0 Å². The predicted molar refractivity (Wildman–Crippen MR) is 85.2 cm³/mol. The molecule has 1 amide bonds. The Hall–Kier alpha value is -2.01. The summed E-state index contributed by atoms with van der Waals surface area (Å²) in [4.78, 5) is 14.1. The second-order valence-corrected chi connectivity index (χ2v) is 5.45. The first-order chi connectivity index (χ1) is 10.5. The van der Waals surface area contributed by atoms with Crippen molar-refractivity contribution in [2.45, 2.75) is 26.1 Å². The lowest BCUT2D eigenvalue weighted by Gasteiger charge is -2.34. The molecule has 1 aromatic carbocycles. The third-order valence-electron chi connectivity index (χ3n) is 3.56. The number of nitrogens with zero attached hydrogens (tertiary/aromatic N) is 1. The first kappa shape index (κ1) is 16.4. The normalized spacial score (nSPS) is 21.9. The fourth-order valence-electron chi connectivity index (χ4n) is 2.59. The van der Waals surface area contributed by atoms with Gasteiger partial charge in [0.05, 0.1) is 26.4 Å². The number of ether oxygens (including phenoxy) is 3. The number of hydrogen-bond donors (Lipinski definition) is 0. The summed E-state index contributed by atoms with van der Waals surface area (Å²) in [7, 11) is 3.19. The molecule has 0 radical (unpaired) electrons. The zero-order valence-corrected chi connectivity index (χ0v) is 13.5. The lowest BCUT2D eigenvalue weighted by molar-refractivity contribution is -0.137. The molecule has 0 saturated carbocycles. The maximum absolute atomic E-state index is 12.3. The van der Waals surface area contributed by atoms with Gasteiger partial charge in [-0.1, -0.05) is 6.07 Å². The van der Waals surface area contributed by atoms with Crippen LogP contribution in [0.4, 0.5) is 0 Å². The zero-order chi connectivity index (χ0) is 16.1. The minimum atomic E-state index is -0.00298. The van der Waals surface area contributed by atoms with E-state index in [1.54, 1.807) is 26.4 Å². The molecule has 5 nitrogen and oxygen atoms in total. The predicted octanol–water partition coefficient (Wildman–Crippen LogP) is 2.35. The maximum Gasteiger partial charge on any atom is 0.246 e. The summed E-state index contributed by atoms with van der Waals surface area (Å²) in [5.74, 6) is 1.31. The number of methoxy groups -OCH3 is 2. The van der Waals surface area contributed by atoms with E-state index in [0.717, 1.165) is 5.56 Å². The molecule has 2 rings (SSSR count). The lowest BCUT2D eigenvalue weighted by atomic mass is 10.1. The standard InChI is InChI=1S/C17H23NO4/c1-12-10-18(11-13(2)22-12)17(19)8-6-14-5-7-15(20-3)16(9-14)21-4/h5-9,12-13H,10-11H2,1-4H3/b8-6+/t12-,13-/m0/s1. The second-order valence-electron chi connectivity index (χ2n) is 5.45. The fraction of sp³-hybridized carbons (Fsp3) is 0.471. The van der Waals surface area contributed by atoms with Crippen molar-refractivity contribution in [3.05, 3.63) is 29.8 Å². The maximum atomic E-state index is 12.3. The van der Waals surface area contributed by atoms with Crippen LogP contribution in [0, 0.1) is 0 Å². The van der Waals surface area contributed by atoms with E-state index in [1.807, 2.05) is 36.9 Å². The van der Waals surface area contributed by atoms with Crippen LogP contribution in [0.15, 0.2) is 24.3 Å². The van der Waals surface area contributed by atoms with E-state index in [-0.39, 0.29) is 18.1 Å². The molecule has 22 heavy (non-hydrogen) atoms. The summed E-state index contributed by atoms with van der Waals surface area (Å²) in [6.07, 6.45) is 3.52. The molecular formula is C17H23NO4. The van der Waals surface area contributed by atoms with Crippen LogP contribution in [0.2, 0.25) is 0 Å². The van der Waals surface area contributed by atoms with Gasteiger partial charge < -0.3 is 19.1 Å². The molecule has 0 N–H and O–H groups in total. The van der Waals surface area contributed by atoms with Crippen LogP contribution in [0.5, 0.6) is 11.5 Å². The van der Waals surface area contributed by atoms with E-state index in [0.29, 0.717) is 24.6 Å². The van der Waals surface area contributed by atoms with Crippen LogP contribution in [0.3, 0.4) is 0 Å². The van der Waals surface area contributed by atoms with E-state index < -0.39 is 0 Å². The largest absolute Gasteiger partial charge is 0.493 e. The minimum absolute atomic E-state index is 0.00298. The Morgan fingerprint density at radius 2 is 1.82 bits per heavy atom. The van der Waals surface area contributed by atoms with Crippen LogP contribution in [-0.2, 0) is 9.53 Å². The smallest absolute Gasteiger partial charge is 0.246 e. The number of hydrogen-bond acceptors (Lipinski definition) is 4. The molecule has 120 valence electrons. The van der Waals surface area contributed by atoms with Crippen LogP contribution >= 0.6 is 0 Å². The number of rotatable bonds is 4. The highest BCUT2D eigenvalue weighted by Crippen LogP contribution is 2.28. The summed E-state index contributed by atoms with van der Waals surface area (Å²) < 4.78 is 16.1. The van der Waals surface area contributed by atoms with Gasteiger partial charge in [0, 0.05) is 19.2 Å². The number of carbonyl (C=O) groups is 1. The van der Waals surface area contributed by atoms with Crippen LogP contribution in [-0.4, -0.2) is 50.3 Å². The highest BCUT2D eigenvalue weighted by molar-refractivity contribution is 5.92. The van der Waals surface area contributed by atoms with E-state index in [4.69, 9.17) is 14.2 Å². The molecule has 0 aliphatic carbocycles. The highest BCUT2D eigenvalue weighted by atomic mass is 16.5. The Bertz CT molecular complexity index is 546. The molecule has 0 aromatic heterocycles. The zero-order valence-electron chi connectivity index (χ0n) is 13.5. The van der Waals surface area contributed by atoms with Gasteiger partial charge in [0.15, 0.2) is 11.5 Å². The van der Waals surface area contributed by atoms with E-state index in [9.17, 15) is 4.79 Å². The number of carbonyl (C=O) groups excluding carboxylic acids is 1. The van der Waals surface area contributed by atoms with E-state index in [2.05, 4.69) is 0 Å². The molecule has 1 fully saturated rings. The molecule has 1 aliphatic rings. The Morgan fingerprint density at radius 3 is 2.41 bits per heavy atom. The van der Waals surface area contributed by atoms with Gasteiger partial charge in [-0.05, 0) is 37.6 Å². The number of benzene rings is 1. The van der Waals surface area contributed by atoms with Crippen molar-refractivity contribution in [1.29, 1.82) is 0 Å². The van der Waals surface area contributed by atoms with Crippen molar-refractivity contribution in [2.75, 3.05) is 27.3 Å². The topological polar surface area (TPSA) is 48.0 Å². The molecule has 1 saturated heterocycles. The van der Waals surface area contributed by atoms with Crippen molar-refractivity contribution in [1.82, 2.24) is 4.90 Å². The average molecular weight is 305 g/mol. The number of morpholine rings is 1. The van der Waals surface area contributed by atoms with Gasteiger partial charge in [-0.2, -0.15) is 0 Å². The van der Waals surface area contributed by atoms with Gasteiger partial charge in [0.2, 0.25) is 5.91 Å². The van der Waals surface area contributed by atoms with Crippen molar-refractivity contribution in [3.8, 4) is 11.5 Å². The van der Waals surface area contributed by atoms with Crippen LogP contribution in [0.1, 0.15) is 19.4 Å². The molecule has 1 heterocycles. The molecule has 1 aromatic rings. The molecule has 1 aliphatic heterocycles. The third kappa shape index (κ3) is 4.01. The second kappa shape index (κ2) is 7.31. The molecular weight excluding hydrogens is 282 g/mol. The summed E-state index contributed by atoms with van der Waals surface area (Å²) in [6.45, 7) is 5.21. The lowest BCUT2D eigenvalue weighted by Crippen LogP contribution is -2.47. The van der Waals surface area contributed by atoms with Crippen LogP contribution in [0.25, 0.3) is 6.08 Å². The van der Waals surface area contributed by atoms with Gasteiger partial charge in [0.1, 0.15) is 0 Å². The quantitative estimate of drug-likeness (QED) is 0.801. The fourth-order valence-corrected chi connectivity index (χ4v) is 2.59. The SMILES string of the molecule is COc1ccc(/C=C/C(=O)N2C[C@H](C)O[C@@H](C)C2)cc1OC. The molecule has 5 heteroatoms. The monoisotopic (exact) mass is 305 g/mol. The van der Waals surface area contributed by atoms with Crippen molar-refractivity contribution < 1.29 is 19.0 Å². The van der Waals surface area contributed by atoms with Crippen molar-refractivity contribution in [2.24, 2.45) is 0 Å². The molecule has 2 atom stereocenters. The van der Waals surface area contributed by atoms with E-state index >= 15 is 0 Å². The van der Waals surface area contributed by atoms with E-state index in [1.165, 1.54) is 0 Å². The molecule has 0 unspecified atom stereocenters. The Kier molecular flexibility index (Phi) is 5.44. The Labute approximate surface area is 131 Å². The van der Waals surface area contributed by atoms with Gasteiger partial charge in [0.25, 0.3) is 0 Å². The minimum Gasteiger partial charge on any atom is -0.493 e. The van der Waals surface area contributed by atoms with Gasteiger partial charge >= 0.3 is 0 Å². The summed E-state index contributed by atoms with van der Waals surface area (Å²) >= 11 is 0. The van der Waals surface area contributed by atoms with Gasteiger partial charge in [-0.15, -0.1) is 0 Å². The summed E-state index contributed by atoms with van der Waals surface area (Å²) in [6, 6.07) is 5.55. The highest BCUT2D eigenvalue weighted by Gasteiger charge is 2.24. The van der Waals surface area contributed by atoms with Gasteiger partial charge in [-0.25, -0.2) is 0 Å². The summed E-state index contributed by atoms with van der Waals surface area (Å²) in [5, 5.41) is 0. The van der Waals surface area contributed by atoms with Crippen LogP contribution < -0.4 is 9.47 Å². The first-order valence-corrected chi connectivity index (χ1v) is 7.38. The first-order valence-electron chi connectivity index (χ1n) is 7.38. The molecule has 0 spiro atoms. The Balaban J connectivity index is 2.06. The number of amides is 1. The van der Waals surface area contributed by atoms with Gasteiger partial charge in [-0.3, -0.25) is 4.79 Å². The summed E-state index contributed by atoms with van der Waals surface area (Å²) in [5.41, 5.74) is 0.889. The van der Waals surface area contributed by atoms with Crippen molar-refractivity contribution in [3.63, 3.8) is 0 Å². The third-order valence-corrected chi connectivity index (χ3v) is 3.56. The average Bonchev–Trinajstić information content (AvgIpc) is 2.51.